The van der Waals surface area contributed by atoms with Crippen LogP contribution < -0.4 is 10.9 Å². The zero-order chi connectivity index (χ0) is 17.2. The molecule has 1 aliphatic heterocycles. The fourth-order valence-electron chi connectivity index (χ4n) is 3.21. The second kappa shape index (κ2) is 6.94. The number of halogens is 3. The number of nitrogens with zero attached hydrogens (tertiary/aromatic N) is 1. The first-order valence-corrected chi connectivity index (χ1v) is 8.01. The Balaban J connectivity index is 1.52. The van der Waals surface area contributed by atoms with E-state index < -0.39 is 12.7 Å². The molecule has 0 radical (unpaired) electrons. The summed E-state index contributed by atoms with van der Waals surface area (Å²) in [5.41, 5.74) is 1.30. The normalized spacial score (nSPS) is 19.2. The molecule has 2 N–H and O–H groups in total. The lowest BCUT2D eigenvalue weighted by atomic mass is 10.1. The van der Waals surface area contributed by atoms with Crippen LogP contribution in [0.5, 0.6) is 0 Å². The number of likely N-dealkylation sites (tertiary alicyclic amines) is 1. The largest absolute Gasteiger partial charge is 0.401 e. The minimum absolute atomic E-state index is 0.133. The zero-order valence-electron chi connectivity index (χ0n) is 13.2. The maximum atomic E-state index is 12.4. The molecule has 2 heterocycles. The Labute approximate surface area is 137 Å². The van der Waals surface area contributed by atoms with E-state index in [4.69, 9.17) is 0 Å². The van der Waals surface area contributed by atoms with E-state index in [1.807, 2.05) is 30.3 Å². The van der Waals surface area contributed by atoms with Crippen molar-refractivity contribution in [1.29, 1.82) is 0 Å². The lowest BCUT2D eigenvalue weighted by Gasteiger charge is -2.18. The van der Waals surface area contributed by atoms with Gasteiger partial charge in [-0.25, -0.2) is 0 Å². The van der Waals surface area contributed by atoms with Crippen molar-refractivity contribution in [2.24, 2.45) is 5.92 Å². The van der Waals surface area contributed by atoms with Gasteiger partial charge in [-0.15, -0.1) is 0 Å². The van der Waals surface area contributed by atoms with Crippen LogP contribution in [0, 0.1) is 5.92 Å². The average Bonchev–Trinajstić information content (AvgIpc) is 2.93. The Morgan fingerprint density at radius 3 is 2.88 bits per heavy atom. The summed E-state index contributed by atoms with van der Waals surface area (Å²) in [5.74, 6) is 0.187. The summed E-state index contributed by atoms with van der Waals surface area (Å²) >= 11 is 0. The van der Waals surface area contributed by atoms with Gasteiger partial charge in [0.2, 0.25) is 0 Å². The second-order valence-electron chi connectivity index (χ2n) is 6.35. The van der Waals surface area contributed by atoms with Gasteiger partial charge in [-0.3, -0.25) is 9.69 Å². The number of nitrogens with one attached hydrogen (secondary N) is 2. The van der Waals surface area contributed by atoms with Crippen LogP contribution in [0.1, 0.15) is 12.0 Å². The second-order valence-corrected chi connectivity index (χ2v) is 6.35. The molecule has 1 aliphatic rings. The smallest absolute Gasteiger partial charge is 0.322 e. The molecule has 1 aromatic carbocycles. The third-order valence-electron chi connectivity index (χ3n) is 4.35. The monoisotopic (exact) mass is 339 g/mol. The molecule has 0 amide bonds. The van der Waals surface area contributed by atoms with Gasteiger partial charge in [0.05, 0.1) is 6.54 Å². The minimum Gasteiger partial charge on any atom is -0.322 e. The van der Waals surface area contributed by atoms with E-state index in [1.165, 1.54) is 4.90 Å². The Bertz CT molecular complexity index is 757. The van der Waals surface area contributed by atoms with Crippen LogP contribution in [0.2, 0.25) is 0 Å². The highest BCUT2D eigenvalue weighted by Gasteiger charge is 2.34. The number of hydrogen-bond donors (Lipinski definition) is 2. The van der Waals surface area contributed by atoms with Crippen molar-refractivity contribution in [2.45, 2.75) is 19.1 Å². The fraction of sp³-hybridized carbons (Fsp3) is 0.471. The summed E-state index contributed by atoms with van der Waals surface area (Å²) in [4.78, 5) is 16.3. The van der Waals surface area contributed by atoms with Gasteiger partial charge < -0.3 is 10.3 Å². The molecule has 0 aliphatic carbocycles. The third-order valence-corrected chi connectivity index (χ3v) is 4.35. The number of rotatable bonds is 5. The predicted octanol–water partition coefficient (Wildman–Crippen LogP) is 2.50. The van der Waals surface area contributed by atoms with Gasteiger partial charge >= 0.3 is 6.18 Å². The fourth-order valence-corrected chi connectivity index (χ4v) is 3.21. The molecule has 0 unspecified atom stereocenters. The summed E-state index contributed by atoms with van der Waals surface area (Å²) in [5, 5.41) is 4.17. The molecular weight excluding hydrogens is 319 g/mol. The Hall–Kier alpha value is -1.86. The van der Waals surface area contributed by atoms with Gasteiger partial charge in [0.25, 0.3) is 5.56 Å². The molecule has 24 heavy (non-hydrogen) atoms. The van der Waals surface area contributed by atoms with Crippen LogP contribution in [-0.4, -0.2) is 42.2 Å². The van der Waals surface area contributed by atoms with Crippen LogP contribution in [-0.2, 0) is 6.54 Å². The Kier molecular flexibility index (Phi) is 4.91. The summed E-state index contributed by atoms with van der Waals surface area (Å²) in [6, 6.07) is 9.41. The standard InChI is InChI=1S/C17H20F3N3O/c18-17(19,20)11-23-6-5-12(10-23)8-21-9-14-7-13-3-1-2-4-15(13)22-16(14)24/h1-4,7,12,21H,5-6,8-11H2,(H,22,24)/t12-/m1/s1. The zero-order valence-corrected chi connectivity index (χ0v) is 13.2. The lowest BCUT2D eigenvalue weighted by Crippen LogP contribution is -2.33. The first-order chi connectivity index (χ1) is 11.4. The molecule has 1 fully saturated rings. The van der Waals surface area contributed by atoms with Crippen molar-refractivity contribution < 1.29 is 13.2 Å². The van der Waals surface area contributed by atoms with Crippen molar-refractivity contribution in [3.63, 3.8) is 0 Å². The van der Waals surface area contributed by atoms with Crippen LogP contribution in [0.4, 0.5) is 13.2 Å². The Morgan fingerprint density at radius 2 is 2.08 bits per heavy atom. The highest BCUT2D eigenvalue weighted by atomic mass is 19.4. The number of pyridine rings is 1. The van der Waals surface area contributed by atoms with Crippen molar-refractivity contribution in [3.8, 4) is 0 Å². The molecule has 7 heteroatoms. The van der Waals surface area contributed by atoms with Crippen molar-refractivity contribution in [3.05, 3.63) is 46.2 Å². The molecule has 1 saturated heterocycles. The maximum Gasteiger partial charge on any atom is 0.401 e. The topological polar surface area (TPSA) is 48.1 Å². The summed E-state index contributed by atoms with van der Waals surface area (Å²) < 4.78 is 37.2. The molecular formula is C17H20F3N3O. The lowest BCUT2D eigenvalue weighted by molar-refractivity contribution is -0.143. The van der Waals surface area contributed by atoms with E-state index in [9.17, 15) is 18.0 Å². The van der Waals surface area contributed by atoms with Crippen molar-refractivity contribution >= 4 is 10.9 Å². The van der Waals surface area contributed by atoms with E-state index in [0.29, 0.717) is 31.7 Å². The SMILES string of the molecule is O=c1[nH]c2ccccc2cc1CNC[C@H]1CCN(CC(F)(F)F)C1. The Morgan fingerprint density at radius 1 is 1.29 bits per heavy atom. The maximum absolute atomic E-state index is 12.4. The van der Waals surface area contributed by atoms with Crippen molar-refractivity contribution in [1.82, 2.24) is 15.2 Å². The highest BCUT2D eigenvalue weighted by Crippen LogP contribution is 2.22. The molecule has 130 valence electrons. The quantitative estimate of drug-likeness (QED) is 0.880. The first-order valence-electron chi connectivity index (χ1n) is 8.01. The number of benzene rings is 1. The summed E-state index contributed by atoms with van der Waals surface area (Å²) in [7, 11) is 0. The van der Waals surface area contributed by atoms with Gasteiger partial charge in [-0.1, -0.05) is 18.2 Å². The molecule has 4 nitrogen and oxygen atoms in total. The van der Waals surface area contributed by atoms with Gasteiger partial charge in [-0.05, 0) is 42.9 Å². The van der Waals surface area contributed by atoms with E-state index in [0.717, 1.165) is 17.3 Å². The molecule has 0 spiro atoms. The molecule has 1 atom stereocenters. The van der Waals surface area contributed by atoms with Crippen LogP contribution >= 0.6 is 0 Å². The van der Waals surface area contributed by atoms with E-state index in [2.05, 4.69) is 10.3 Å². The van der Waals surface area contributed by atoms with Gasteiger partial charge in [-0.2, -0.15) is 13.2 Å². The number of fused-ring (bicyclic) bond motifs is 1. The van der Waals surface area contributed by atoms with E-state index in [1.54, 1.807) is 0 Å². The third kappa shape index (κ3) is 4.36. The van der Waals surface area contributed by atoms with Gasteiger partial charge in [0, 0.05) is 24.2 Å². The number of hydrogen-bond acceptors (Lipinski definition) is 3. The van der Waals surface area contributed by atoms with Crippen LogP contribution in [0.25, 0.3) is 10.9 Å². The number of H-pyrrole nitrogens is 1. The average molecular weight is 339 g/mol. The van der Waals surface area contributed by atoms with Gasteiger partial charge in [0.15, 0.2) is 0 Å². The number of aromatic nitrogens is 1. The molecule has 3 rings (SSSR count). The predicted molar refractivity (Wildman–Crippen MR) is 86.9 cm³/mol. The van der Waals surface area contributed by atoms with E-state index in [-0.39, 0.29) is 11.5 Å². The number of alkyl halides is 3. The molecule has 0 bridgehead atoms. The van der Waals surface area contributed by atoms with E-state index >= 15 is 0 Å². The number of para-hydroxylation sites is 1. The summed E-state index contributed by atoms with van der Waals surface area (Å²) in [6.45, 7) is 1.10. The van der Waals surface area contributed by atoms with Crippen LogP contribution in [0.15, 0.2) is 35.1 Å². The molecule has 2 aromatic rings. The minimum atomic E-state index is -4.14. The molecule has 0 saturated carbocycles. The first kappa shape index (κ1) is 17.0. The number of aromatic amines is 1. The van der Waals surface area contributed by atoms with Crippen LogP contribution in [0.3, 0.4) is 0 Å². The van der Waals surface area contributed by atoms with Gasteiger partial charge in [0.1, 0.15) is 0 Å². The molecule has 1 aromatic heterocycles. The van der Waals surface area contributed by atoms with Crippen molar-refractivity contribution in [2.75, 3.05) is 26.2 Å². The highest BCUT2D eigenvalue weighted by molar-refractivity contribution is 5.78. The summed E-state index contributed by atoms with van der Waals surface area (Å²) in [6.07, 6.45) is -3.39.